The van der Waals surface area contributed by atoms with E-state index < -0.39 is 86.1 Å². The van der Waals surface area contributed by atoms with Gasteiger partial charge in [-0.1, -0.05) is 0 Å². The molecule has 1 heterocycles. The zero-order chi connectivity index (χ0) is 20.4. The number of pyridine rings is 1. The van der Waals surface area contributed by atoms with Crippen molar-refractivity contribution in [1.29, 1.82) is 0 Å². The van der Waals surface area contributed by atoms with E-state index in [-0.39, 0.29) is 0 Å². The molecule has 0 N–H and O–H groups in total. The summed E-state index contributed by atoms with van der Waals surface area (Å²) in [7, 11) is 0. The Bertz CT molecular complexity index is 1110. The highest BCUT2D eigenvalue weighted by Gasteiger charge is 2.33. The van der Waals surface area contributed by atoms with Gasteiger partial charge in [0.2, 0.25) is 5.82 Å². The molecule has 0 aliphatic carbocycles. The third-order valence-corrected chi connectivity index (χ3v) is 3.53. The van der Waals surface area contributed by atoms with Crippen molar-refractivity contribution in [3.8, 4) is 11.3 Å². The summed E-state index contributed by atoms with van der Waals surface area (Å²) >= 11 is 0. The Kier molecular flexibility index (Phi) is 4.23. The van der Waals surface area contributed by atoms with E-state index in [0.29, 0.717) is 0 Å². The smallest absolute Gasteiger partial charge is 0.200 e. The molecule has 142 valence electrons. The molecule has 0 aliphatic rings. The first-order chi connectivity index (χ1) is 12.5. The molecule has 0 unspecified atom stereocenters. The summed E-state index contributed by atoms with van der Waals surface area (Å²) in [4.78, 5) is 2.73. The fourth-order valence-corrected chi connectivity index (χ4v) is 2.28. The third-order valence-electron chi connectivity index (χ3n) is 3.53. The van der Waals surface area contributed by atoms with Crippen molar-refractivity contribution in [3.63, 3.8) is 0 Å². The molecule has 0 fully saturated rings. The molecule has 1 aromatic heterocycles. The zero-order valence-electron chi connectivity index (χ0n) is 12.1. The van der Waals surface area contributed by atoms with Crippen molar-refractivity contribution < 1.29 is 48.3 Å². The van der Waals surface area contributed by atoms with Gasteiger partial charge in [-0.15, -0.1) is 0 Å². The third kappa shape index (κ3) is 2.42. The molecule has 27 heavy (non-hydrogen) atoms. The molecular formula is C15F11N. The van der Waals surface area contributed by atoms with Crippen LogP contribution in [0.3, 0.4) is 0 Å². The van der Waals surface area contributed by atoms with Crippen LogP contribution < -0.4 is 0 Å². The van der Waals surface area contributed by atoms with Crippen molar-refractivity contribution in [2.45, 2.75) is 0 Å². The van der Waals surface area contributed by atoms with E-state index in [1.807, 2.05) is 0 Å². The molecule has 1 nitrogen and oxygen atoms in total. The van der Waals surface area contributed by atoms with Gasteiger partial charge >= 0.3 is 0 Å². The highest BCUT2D eigenvalue weighted by molar-refractivity contribution is 5.84. The highest BCUT2D eigenvalue weighted by Crippen LogP contribution is 2.36. The number of rotatable bonds is 1. The molecule has 0 atom stereocenters. The van der Waals surface area contributed by atoms with E-state index in [1.165, 1.54) is 0 Å². The second-order valence-corrected chi connectivity index (χ2v) is 5.01. The number of nitrogens with zero attached hydrogens (tertiary/aromatic N) is 1. The van der Waals surface area contributed by atoms with Crippen LogP contribution in [0.1, 0.15) is 0 Å². The largest absolute Gasteiger partial charge is 0.241 e. The van der Waals surface area contributed by atoms with E-state index in [1.54, 1.807) is 0 Å². The molecular weight excluding hydrogens is 403 g/mol. The van der Waals surface area contributed by atoms with E-state index in [2.05, 4.69) is 4.98 Å². The molecule has 0 saturated carbocycles. The summed E-state index contributed by atoms with van der Waals surface area (Å²) < 4.78 is 149. The molecule has 3 aromatic rings. The van der Waals surface area contributed by atoms with Crippen LogP contribution in [-0.2, 0) is 0 Å². The van der Waals surface area contributed by atoms with Gasteiger partial charge in [-0.2, -0.15) is 0 Å². The van der Waals surface area contributed by atoms with Crippen LogP contribution in [0.25, 0.3) is 22.2 Å². The van der Waals surface area contributed by atoms with Gasteiger partial charge in [0.05, 0.1) is 10.9 Å². The maximum absolute atomic E-state index is 14.1. The first-order valence-electron chi connectivity index (χ1n) is 6.53. The standard InChI is InChI=1S/C15F11N/c16-3-1(4(17)8(21)10(23)7(3)20)14-12(25)6(19)2-5(18)9(22)11(24)13(26)15(2)27-14. The van der Waals surface area contributed by atoms with Crippen LogP contribution in [0.5, 0.6) is 0 Å². The maximum atomic E-state index is 14.1. The van der Waals surface area contributed by atoms with Crippen molar-refractivity contribution in [2.75, 3.05) is 0 Å². The molecule has 0 aliphatic heterocycles. The van der Waals surface area contributed by atoms with E-state index in [4.69, 9.17) is 0 Å². The molecule has 3 rings (SSSR count). The van der Waals surface area contributed by atoms with Crippen LogP contribution in [-0.4, -0.2) is 4.98 Å². The number of benzene rings is 2. The van der Waals surface area contributed by atoms with Gasteiger partial charge in [-0.05, 0) is 0 Å². The monoisotopic (exact) mass is 403 g/mol. The van der Waals surface area contributed by atoms with Gasteiger partial charge in [0.15, 0.2) is 58.2 Å². The molecule has 0 saturated heterocycles. The Hall–Kier alpha value is -2.92. The van der Waals surface area contributed by atoms with Crippen LogP contribution in [0, 0.1) is 64.0 Å². The van der Waals surface area contributed by atoms with Crippen LogP contribution in [0.2, 0.25) is 0 Å². The molecule has 0 bridgehead atoms. The summed E-state index contributed by atoms with van der Waals surface area (Å²) in [5.74, 6) is -28.0. The lowest BCUT2D eigenvalue weighted by atomic mass is 10.0. The lowest BCUT2D eigenvalue weighted by Gasteiger charge is -2.12. The number of hydrogen-bond acceptors (Lipinski definition) is 1. The quantitative estimate of drug-likeness (QED) is 0.300. The number of hydrogen-bond donors (Lipinski definition) is 0. The fraction of sp³-hybridized carbons (Fsp3) is 0. The fourth-order valence-electron chi connectivity index (χ4n) is 2.28. The molecule has 0 spiro atoms. The van der Waals surface area contributed by atoms with Crippen LogP contribution in [0.4, 0.5) is 48.3 Å². The van der Waals surface area contributed by atoms with Gasteiger partial charge in [-0.25, -0.2) is 53.3 Å². The summed E-state index contributed by atoms with van der Waals surface area (Å²) in [6, 6.07) is 0. The Morgan fingerprint density at radius 1 is 0.370 bits per heavy atom. The Balaban J connectivity index is 2.55. The summed E-state index contributed by atoms with van der Waals surface area (Å²) in [5.41, 5.74) is -5.87. The highest BCUT2D eigenvalue weighted by atomic mass is 19.2. The minimum Gasteiger partial charge on any atom is -0.241 e. The Labute approximate surface area is 140 Å². The van der Waals surface area contributed by atoms with Crippen LogP contribution >= 0.6 is 0 Å². The minimum atomic E-state index is -2.65. The first-order valence-corrected chi connectivity index (χ1v) is 6.53. The van der Waals surface area contributed by atoms with Crippen molar-refractivity contribution in [1.82, 2.24) is 4.98 Å². The second-order valence-electron chi connectivity index (χ2n) is 5.01. The maximum Gasteiger partial charge on any atom is 0.200 e. The second kappa shape index (κ2) is 6.06. The zero-order valence-corrected chi connectivity index (χ0v) is 12.1. The van der Waals surface area contributed by atoms with Crippen molar-refractivity contribution in [3.05, 3.63) is 64.0 Å². The molecule has 0 amide bonds. The lowest BCUT2D eigenvalue weighted by molar-refractivity contribution is 0.380. The van der Waals surface area contributed by atoms with Crippen molar-refractivity contribution >= 4 is 10.9 Å². The molecule has 0 radical (unpaired) electrons. The topological polar surface area (TPSA) is 12.9 Å². The predicted octanol–water partition coefficient (Wildman–Crippen LogP) is 5.43. The SMILES string of the molecule is Fc1c(F)c(F)c(-c2nc3c(F)c(F)c(F)c(F)c3c(F)c2F)c(F)c1F. The minimum absolute atomic E-state index is 1.77. The average Bonchev–Trinajstić information content (AvgIpc) is 2.64. The predicted molar refractivity (Wildman–Crippen MR) is 66.7 cm³/mol. The van der Waals surface area contributed by atoms with Gasteiger partial charge < -0.3 is 0 Å². The van der Waals surface area contributed by atoms with E-state index in [0.717, 1.165) is 0 Å². The Morgan fingerprint density at radius 2 is 0.741 bits per heavy atom. The van der Waals surface area contributed by atoms with Gasteiger partial charge in [-0.3, -0.25) is 0 Å². The summed E-state index contributed by atoms with van der Waals surface area (Å²) in [6.45, 7) is 0. The normalized spacial score (nSPS) is 11.5. The average molecular weight is 403 g/mol. The van der Waals surface area contributed by atoms with Crippen molar-refractivity contribution in [2.24, 2.45) is 0 Å². The van der Waals surface area contributed by atoms with Gasteiger partial charge in [0, 0.05) is 0 Å². The molecule has 12 heteroatoms. The summed E-state index contributed by atoms with van der Waals surface area (Å²) in [6.07, 6.45) is 0. The van der Waals surface area contributed by atoms with Crippen LogP contribution in [0.15, 0.2) is 0 Å². The number of fused-ring (bicyclic) bond motifs is 1. The van der Waals surface area contributed by atoms with Gasteiger partial charge in [0.1, 0.15) is 11.2 Å². The first kappa shape index (κ1) is 18.9. The Morgan fingerprint density at radius 3 is 1.26 bits per heavy atom. The van der Waals surface area contributed by atoms with E-state index in [9.17, 15) is 48.3 Å². The number of aromatic nitrogens is 1. The van der Waals surface area contributed by atoms with Gasteiger partial charge in [0.25, 0.3) is 0 Å². The molecule has 2 aromatic carbocycles. The number of halogens is 11. The lowest BCUT2D eigenvalue weighted by Crippen LogP contribution is -2.09. The summed E-state index contributed by atoms with van der Waals surface area (Å²) in [5, 5.41) is -1.86. The van der Waals surface area contributed by atoms with E-state index >= 15 is 0 Å².